The molecule has 0 unspecified atom stereocenters. The number of likely N-dealkylation sites (tertiary alicyclic amines) is 2. The molecule has 3 N–H and O–H groups in total. The Labute approximate surface area is 253 Å². The van der Waals surface area contributed by atoms with Crippen LogP contribution in [0.15, 0.2) is 79.2 Å². The minimum atomic E-state index is -0.402. The molecular formula is C35H38N6O2. The fourth-order valence-corrected chi connectivity index (χ4v) is 6.00. The Hall–Kier alpha value is -4.70. The van der Waals surface area contributed by atoms with Crippen LogP contribution in [0.1, 0.15) is 68.8 Å². The molecule has 0 atom stereocenters. The van der Waals surface area contributed by atoms with Crippen LogP contribution in [0.5, 0.6) is 0 Å². The molecule has 3 heterocycles. The van der Waals surface area contributed by atoms with Gasteiger partial charge in [0, 0.05) is 56.1 Å². The lowest BCUT2D eigenvalue weighted by Gasteiger charge is -2.34. The number of benzene rings is 2. The maximum absolute atomic E-state index is 13.0. The molecule has 8 nitrogen and oxygen atoms in total. The highest BCUT2D eigenvalue weighted by Crippen LogP contribution is 2.27. The fraction of sp³-hybridized carbons (Fsp3) is 0.343. The zero-order chi connectivity index (χ0) is 30.2. The van der Waals surface area contributed by atoms with Crippen molar-refractivity contribution in [2.24, 2.45) is 11.7 Å². The molecule has 0 spiro atoms. The zero-order valence-electron chi connectivity index (χ0n) is 24.5. The SMILES string of the molecule is C=C=C(c1ccc(C(=O)NC2CCN(Cc3ccc(C#N)cc3)CC2)nc1)N1CCC(Cc2ccc(C(N)=O)cc2)CC1. The fourth-order valence-electron chi connectivity index (χ4n) is 6.00. The Bertz CT molecular complexity index is 1500. The highest BCUT2D eigenvalue weighted by Gasteiger charge is 2.24. The van der Waals surface area contributed by atoms with Crippen LogP contribution in [0.25, 0.3) is 5.70 Å². The van der Waals surface area contributed by atoms with Gasteiger partial charge in [-0.2, -0.15) is 5.26 Å². The van der Waals surface area contributed by atoms with Crippen molar-refractivity contribution in [3.63, 3.8) is 0 Å². The lowest BCUT2D eigenvalue weighted by atomic mass is 9.89. The number of nitrogens with zero attached hydrogens (tertiary/aromatic N) is 4. The van der Waals surface area contributed by atoms with Gasteiger partial charge < -0.3 is 16.0 Å². The van der Waals surface area contributed by atoms with Crippen molar-refractivity contribution in [3.05, 3.63) is 113 Å². The van der Waals surface area contributed by atoms with Crippen molar-refractivity contribution in [1.82, 2.24) is 20.1 Å². The first-order valence-electron chi connectivity index (χ1n) is 14.9. The van der Waals surface area contributed by atoms with E-state index in [-0.39, 0.29) is 11.9 Å². The van der Waals surface area contributed by atoms with Crippen LogP contribution in [-0.2, 0) is 13.0 Å². The highest BCUT2D eigenvalue weighted by atomic mass is 16.2. The Morgan fingerprint density at radius 1 is 0.907 bits per heavy atom. The smallest absolute Gasteiger partial charge is 0.270 e. The van der Waals surface area contributed by atoms with Crippen LogP contribution >= 0.6 is 0 Å². The van der Waals surface area contributed by atoms with E-state index in [1.807, 2.05) is 42.5 Å². The van der Waals surface area contributed by atoms with Crippen LogP contribution in [0.2, 0.25) is 0 Å². The van der Waals surface area contributed by atoms with Gasteiger partial charge in [-0.3, -0.25) is 19.5 Å². The summed E-state index contributed by atoms with van der Waals surface area (Å²) in [4.78, 5) is 33.4. The third-order valence-electron chi connectivity index (χ3n) is 8.54. The van der Waals surface area contributed by atoms with Gasteiger partial charge >= 0.3 is 0 Å². The van der Waals surface area contributed by atoms with Gasteiger partial charge in [-0.15, -0.1) is 5.73 Å². The number of primary amides is 1. The number of carbonyl (C=O) groups excluding carboxylic acids is 2. The van der Waals surface area contributed by atoms with Crippen molar-refractivity contribution >= 4 is 17.5 Å². The van der Waals surface area contributed by atoms with Gasteiger partial charge in [0.2, 0.25) is 5.91 Å². The summed E-state index contributed by atoms with van der Waals surface area (Å²) in [6.45, 7) is 8.38. The van der Waals surface area contributed by atoms with Crippen molar-refractivity contribution in [2.45, 2.75) is 44.7 Å². The summed E-state index contributed by atoms with van der Waals surface area (Å²) in [5.74, 6) is 0.0141. The van der Waals surface area contributed by atoms with E-state index in [0.717, 1.165) is 76.1 Å². The molecule has 0 radical (unpaired) electrons. The predicted octanol–water partition coefficient (Wildman–Crippen LogP) is 4.53. The molecule has 1 aromatic heterocycles. The molecule has 2 amide bonds. The second-order valence-electron chi connectivity index (χ2n) is 11.5. The van der Waals surface area contributed by atoms with Gasteiger partial charge in [-0.25, -0.2) is 0 Å². The summed E-state index contributed by atoms with van der Waals surface area (Å²) >= 11 is 0. The molecule has 0 saturated carbocycles. The lowest BCUT2D eigenvalue weighted by Crippen LogP contribution is -2.44. The third kappa shape index (κ3) is 7.78. The Kier molecular flexibility index (Phi) is 9.68. The topological polar surface area (TPSA) is 115 Å². The molecule has 2 aliphatic rings. The summed E-state index contributed by atoms with van der Waals surface area (Å²) in [5, 5.41) is 12.1. The minimum absolute atomic E-state index is 0.122. The molecule has 8 heteroatoms. The molecule has 220 valence electrons. The van der Waals surface area contributed by atoms with E-state index in [2.05, 4.69) is 38.5 Å². The van der Waals surface area contributed by atoms with Gasteiger partial charge in [-0.05, 0) is 85.5 Å². The zero-order valence-corrected chi connectivity index (χ0v) is 24.5. The summed E-state index contributed by atoms with van der Waals surface area (Å²) in [6.07, 6.45) is 6.58. The average Bonchev–Trinajstić information content (AvgIpc) is 3.04. The van der Waals surface area contributed by atoms with Gasteiger partial charge in [0.05, 0.1) is 17.3 Å². The molecule has 0 bridgehead atoms. The molecule has 2 aromatic carbocycles. The molecule has 43 heavy (non-hydrogen) atoms. The Morgan fingerprint density at radius 3 is 2.14 bits per heavy atom. The van der Waals surface area contributed by atoms with Gasteiger partial charge in [0.1, 0.15) is 5.69 Å². The third-order valence-corrected chi connectivity index (χ3v) is 8.54. The average molecular weight is 575 g/mol. The summed E-state index contributed by atoms with van der Waals surface area (Å²) in [5.41, 5.74) is 14.3. The first kappa shape index (κ1) is 29.8. The molecule has 2 fully saturated rings. The van der Waals surface area contributed by atoms with Crippen LogP contribution in [0, 0.1) is 17.2 Å². The van der Waals surface area contributed by atoms with E-state index >= 15 is 0 Å². The quantitative estimate of drug-likeness (QED) is 0.363. The van der Waals surface area contributed by atoms with Crippen molar-refractivity contribution < 1.29 is 9.59 Å². The first-order valence-corrected chi connectivity index (χ1v) is 14.9. The number of aromatic nitrogens is 1. The van der Waals surface area contributed by atoms with Gasteiger partial charge in [0.15, 0.2) is 0 Å². The van der Waals surface area contributed by atoms with E-state index in [0.29, 0.717) is 22.7 Å². The summed E-state index contributed by atoms with van der Waals surface area (Å²) < 4.78 is 0. The number of amides is 2. The van der Waals surface area contributed by atoms with Crippen LogP contribution in [-0.4, -0.2) is 58.8 Å². The second-order valence-corrected chi connectivity index (χ2v) is 11.5. The highest BCUT2D eigenvalue weighted by molar-refractivity contribution is 5.93. The summed E-state index contributed by atoms with van der Waals surface area (Å²) in [6, 6.07) is 21.3. The first-order chi connectivity index (χ1) is 20.9. The standard InChI is InChI=1S/C35H38N6O2/c1-2-33(41-19-13-26(14-20-41)21-25-7-9-29(10-8-25)34(37)42)30-11-12-32(38-23-30)35(43)39-31-15-17-40(18-16-31)24-28-5-3-27(22-36)4-6-28/h3-12,23,26,31H,1,13-21,24H2,(H2,37,42)(H,39,43). The Morgan fingerprint density at radius 2 is 1.56 bits per heavy atom. The van der Waals surface area contributed by atoms with Crippen molar-refractivity contribution in [1.29, 1.82) is 5.26 Å². The second kappa shape index (κ2) is 14.0. The largest absolute Gasteiger partial charge is 0.366 e. The van der Waals surface area contributed by atoms with Crippen LogP contribution < -0.4 is 11.1 Å². The molecule has 2 saturated heterocycles. The number of nitrogens with one attached hydrogen (secondary N) is 1. The number of hydrogen-bond donors (Lipinski definition) is 2. The van der Waals surface area contributed by atoms with Crippen LogP contribution in [0.4, 0.5) is 0 Å². The van der Waals surface area contributed by atoms with E-state index in [1.54, 1.807) is 24.4 Å². The normalized spacial score (nSPS) is 16.2. The van der Waals surface area contributed by atoms with E-state index < -0.39 is 5.91 Å². The van der Waals surface area contributed by atoms with E-state index in [9.17, 15) is 9.59 Å². The Balaban J connectivity index is 1.08. The van der Waals surface area contributed by atoms with Crippen LogP contribution in [0.3, 0.4) is 0 Å². The number of nitrogens with two attached hydrogens (primary N) is 1. The van der Waals surface area contributed by atoms with Gasteiger partial charge in [0.25, 0.3) is 5.91 Å². The number of piperidine rings is 2. The number of hydrogen-bond acceptors (Lipinski definition) is 6. The number of rotatable bonds is 9. The molecule has 3 aromatic rings. The van der Waals surface area contributed by atoms with E-state index in [1.165, 1.54) is 11.1 Å². The maximum Gasteiger partial charge on any atom is 0.270 e. The lowest BCUT2D eigenvalue weighted by molar-refractivity contribution is 0.0903. The number of carbonyl (C=O) groups is 2. The number of pyridine rings is 1. The molecule has 0 aliphatic carbocycles. The minimum Gasteiger partial charge on any atom is -0.366 e. The molecule has 5 rings (SSSR count). The van der Waals surface area contributed by atoms with E-state index in [4.69, 9.17) is 11.0 Å². The molecule has 2 aliphatic heterocycles. The predicted molar refractivity (Wildman–Crippen MR) is 167 cm³/mol. The van der Waals surface area contributed by atoms with Crippen molar-refractivity contribution in [3.8, 4) is 6.07 Å². The van der Waals surface area contributed by atoms with Crippen molar-refractivity contribution in [2.75, 3.05) is 26.2 Å². The number of nitriles is 1. The summed E-state index contributed by atoms with van der Waals surface area (Å²) in [7, 11) is 0. The molecular weight excluding hydrogens is 536 g/mol. The maximum atomic E-state index is 13.0. The van der Waals surface area contributed by atoms with Gasteiger partial charge in [-0.1, -0.05) is 30.8 Å². The monoisotopic (exact) mass is 574 g/mol.